The van der Waals surface area contributed by atoms with Crippen molar-refractivity contribution < 1.29 is 17.6 Å². The molecule has 0 radical (unpaired) electrons. The van der Waals surface area contributed by atoms with Gasteiger partial charge in [0.1, 0.15) is 5.82 Å². The minimum Gasteiger partial charge on any atom is -0.206 e. The number of hydrogen-bond donors (Lipinski definition) is 0. The first-order chi connectivity index (χ1) is 13.5. The average Bonchev–Trinajstić information content (AvgIpc) is 2.72. The van der Waals surface area contributed by atoms with E-state index in [1.165, 1.54) is 32.1 Å². The molecule has 0 N–H and O–H groups in total. The van der Waals surface area contributed by atoms with Crippen molar-refractivity contribution in [3.8, 4) is 11.1 Å². The van der Waals surface area contributed by atoms with Crippen LogP contribution in [0, 0.1) is 41.0 Å². The van der Waals surface area contributed by atoms with E-state index in [9.17, 15) is 13.2 Å². The molecular weight excluding hydrogens is 364 g/mol. The number of rotatable bonds is 3. The zero-order valence-corrected chi connectivity index (χ0v) is 16.2. The summed E-state index contributed by atoms with van der Waals surface area (Å²) in [6.45, 7) is 2.26. The monoisotopic (exact) mass is 390 g/mol. The molecule has 1 fully saturated rings. The molecule has 0 amide bonds. The van der Waals surface area contributed by atoms with Gasteiger partial charge in [0.05, 0.1) is 0 Å². The fraction of sp³-hybridized carbons (Fsp3) is 0.500. The minimum atomic E-state index is -1.53. The lowest BCUT2D eigenvalue weighted by Gasteiger charge is -2.36. The van der Waals surface area contributed by atoms with Crippen LogP contribution in [0.25, 0.3) is 11.1 Å². The second-order valence-corrected chi connectivity index (χ2v) is 8.51. The summed E-state index contributed by atoms with van der Waals surface area (Å²) in [5, 5.41) is 0. The SMILES string of the molecule is CCC1CCC(C2CCc3c(ccc(-c4cc(F)c(F)c(F)c4)c3F)C2)CC1. The molecule has 0 bridgehead atoms. The summed E-state index contributed by atoms with van der Waals surface area (Å²) in [6, 6.07) is 5.19. The smallest absolute Gasteiger partial charge is 0.194 e. The van der Waals surface area contributed by atoms with E-state index < -0.39 is 23.3 Å². The molecule has 0 nitrogen and oxygen atoms in total. The normalized spacial score (nSPS) is 24.8. The molecule has 0 saturated heterocycles. The van der Waals surface area contributed by atoms with Gasteiger partial charge < -0.3 is 0 Å². The van der Waals surface area contributed by atoms with Gasteiger partial charge in [-0.15, -0.1) is 0 Å². The van der Waals surface area contributed by atoms with Gasteiger partial charge in [-0.25, -0.2) is 17.6 Å². The Morgan fingerprint density at radius 3 is 2.14 bits per heavy atom. The van der Waals surface area contributed by atoms with Crippen molar-refractivity contribution >= 4 is 0 Å². The van der Waals surface area contributed by atoms with Gasteiger partial charge in [-0.05, 0) is 78.7 Å². The summed E-state index contributed by atoms with van der Waals surface area (Å²) in [4.78, 5) is 0. The number of halogens is 4. The van der Waals surface area contributed by atoms with Crippen LogP contribution in [0.1, 0.15) is 56.6 Å². The highest BCUT2D eigenvalue weighted by molar-refractivity contribution is 5.66. The quantitative estimate of drug-likeness (QED) is 0.383. The topological polar surface area (TPSA) is 0 Å². The lowest BCUT2D eigenvalue weighted by Crippen LogP contribution is -2.27. The number of fused-ring (bicyclic) bond motifs is 1. The van der Waals surface area contributed by atoms with Gasteiger partial charge in [-0.1, -0.05) is 38.3 Å². The van der Waals surface area contributed by atoms with Crippen LogP contribution >= 0.6 is 0 Å². The third-order valence-electron chi connectivity index (χ3n) is 7.02. The molecule has 0 heterocycles. The standard InChI is InChI=1S/C24H26F4/c1-2-14-3-5-15(6-4-14)16-7-9-19-17(11-16)8-10-20(23(19)27)18-12-21(25)24(28)22(26)13-18/h8,10,12-16H,2-7,9,11H2,1H3. The van der Waals surface area contributed by atoms with Crippen LogP contribution in [-0.4, -0.2) is 0 Å². The molecule has 0 spiro atoms. The van der Waals surface area contributed by atoms with E-state index in [0.717, 1.165) is 42.4 Å². The number of hydrogen-bond acceptors (Lipinski definition) is 0. The fourth-order valence-electron chi connectivity index (χ4n) is 5.24. The van der Waals surface area contributed by atoms with Crippen molar-refractivity contribution in [1.29, 1.82) is 0 Å². The molecular formula is C24H26F4. The molecule has 4 rings (SSSR count). The molecule has 4 heteroatoms. The lowest BCUT2D eigenvalue weighted by atomic mass is 9.69. The van der Waals surface area contributed by atoms with Gasteiger partial charge in [-0.2, -0.15) is 0 Å². The van der Waals surface area contributed by atoms with Gasteiger partial charge in [0, 0.05) is 5.56 Å². The van der Waals surface area contributed by atoms with Crippen LogP contribution in [0.3, 0.4) is 0 Å². The van der Waals surface area contributed by atoms with Crippen LogP contribution in [0.2, 0.25) is 0 Å². The van der Waals surface area contributed by atoms with Crippen LogP contribution in [-0.2, 0) is 12.8 Å². The maximum Gasteiger partial charge on any atom is 0.194 e. The van der Waals surface area contributed by atoms with Gasteiger partial charge in [-0.3, -0.25) is 0 Å². The highest BCUT2D eigenvalue weighted by Crippen LogP contribution is 2.41. The van der Waals surface area contributed by atoms with Crippen molar-refractivity contribution in [3.63, 3.8) is 0 Å². The van der Waals surface area contributed by atoms with Gasteiger partial charge in [0.15, 0.2) is 17.5 Å². The molecule has 2 aromatic carbocycles. The largest absolute Gasteiger partial charge is 0.206 e. The van der Waals surface area contributed by atoms with Gasteiger partial charge in [0.25, 0.3) is 0 Å². The Labute approximate surface area is 164 Å². The van der Waals surface area contributed by atoms with E-state index in [4.69, 9.17) is 0 Å². The summed E-state index contributed by atoms with van der Waals surface area (Å²) in [6.07, 6.45) is 8.90. The number of benzene rings is 2. The summed E-state index contributed by atoms with van der Waals surface area (Å²) in [7, 11) is 0. The van der Waals surface area contributed by atoms with Gasteiger partial charge >= 0.3 is 0 Å². The Morgan fingerprint density at radius 1 is 0.821 bits per heavy atom. The molecule has 1 atom stereocenters. The fourth-order valence-corrected chi connectivity index (χ4v) is 5.24. The van der Waals surface area contributed by atoms with Crippen molar-refractivity contribution in [2.75, 3.05) is 0 Å². The third-order valence-corrected chi connectivity index (χ3v) is 7.02. The van der Waals surface area contributed by atoms with Crippen molar-refractivity contribution in [2.45, 2.75) is 58.3 Å². The van der Waals surface area contributed by atoms with E-state index in [2.05, 4.69) is 6.92 Å². The highest BCUT2D eigenvalue weighted by Gasteiger charge is 2.31. The highest BCUT2D eigenvalue weighted by atomic mass is 19.2. The lowest BCUT2D eigenvalue weighted by molar-refractivity contribution is 0.186. The van der Waals surface area contributed by atoms with E-state index in [-0.39, 0.29) is 11.1 Å². The van der Waals surface area contributed by atoms with E-state index in [1.54, 1.807) is 6.07 Å². The Balaban J connectivity index is 1.56. The second kappa shape index (κ2) is 7.88. The molecule has 1 unspecified atom stereocenters. The Hall–Kier alpha value is -1.84. The van der Waals surface area contributed by atoms with Crippen LogP contribution < -0.4 is 0 Å². The van der Waals surface area contributed by atoms with E-state index in [1.807, 2.05) is 6.07 Å². The van der Waals surface area contributed by atoms with Crippen LogP contribution in [0.4, 0.5) is 17.6 Å². The first kappa shape index (κ1) is 19.5. The molecule has 1 saturated carbocycles. The van der Waals surface area contributed by atoms with Crippen LogP contribution in [0.5, 0.6) is 0 Å². The molecule has 2 aliphatic rings. The summed E-state index contributed by atoms with van der Waals surface area (Å²) in [5.41, 5.74) is 1.84. The molecule has 28 heavy (non-hydrogen) atoms. The van der Waals surface area contributed by atoms with Crippen molar-refractivity contribution in [1.82, 2.24) is 0 Å². The van der Waals surface area contributed by atoms with Gasteiger partial charge in [0.2, 0.25) is 0 Å². The van der Waals surface area contributed by atoms with E-state index in [0.29, 0.717) is 17.9 Å². The first-order valence-electron chi connectivity index (χ1n) is 10.4. The third kappa shape index (κ3) is 3.58. The van der Waals surface area contributed by atoms with Crippen LogP contribution in [0.15, 0.2) is 24.3 Å². The Bertz CT molecular complexity index is 842. The van der Waals surface area contributed by atoms with E-state index >= 15 is 4.39 Å². The molecule has 2 aromatic rings. The maximum absolute atomic E-state index is 15.1. The minimum absolute atomic E-state index is 0.0386. The Morgan fingerprint density at radius 2 is 1.50 bits per heavy atom. The second-order valence-electron chi connectivity index (χ2n) is 8.51. The summed E-state index contributed by atoms with van der Waals surface area (Å²) in [5.74, 6) is -2.36. The predicted molar refractivity (Wildman–Crippen MR) is 103 cm³/mol. The Kier molecular flexibility index (Phi) is 5.48. The van der Waals surface area contributed by atoms with Crippen molar-refractivity contribution in [2.24, 2.45) is 17.8 Å². The molecule has 150 valence electrons. The first-order valence-corrected chi connectivity index (χ1v) is 10.4. The maximum atomic E-state index is 15.1. The predicted octanol–water partition coefficient (Wildman–Crippen LogP) is 7.23. The average molecular weight is 390 g/mol. The zero-order valence-electron chi connectivity index (χ0n) is 16.2. The summed E-state index contributed by atoms with van der Waals surface area (Å²) >= 11 is 0. The summed E-state index contributed by atoms with van der Waals surface area (Å²) < 4.78 is 55.5. The zero-order chi connectivity index (χ0) is 19.8. The molecule has 0 aromatic heterocycles. The molecule has 0 aliphatic heterocycles. The van der Waals surface area contributed by atoms with Crippen molar-refractivity contribution in [3.05, 3.63) is 58.7 Å². The molecule has 2 aliphatic carbocycles.